The topological polar surface area (TPSA) is 76.7 Å². The van der Waals surface area contributed by atoms with Crippen LogP contribution >= 0.6 is 0 Å². The Bertz CT molecular complexity index is 310. The van der Waals surface area contributed by atoms with E-state index in [1.165, 1.54) is 6.07 Å². The second kappa shape index (κ2) is 3.21. The van der Waals surface area contributed by atoms with Crippen molar-refractivity contribution < 1.29 is 10.2 Å². The highest BCUT2D eigenvalue weighted by atomic mass is 16.3. The van der Waals surface area contributed by atoms with Crippen molar-refractivity contribution >= 4 is 5.69 Å². The molecule has 0 aliphatic heterocycles. The normalized spacial score (nSPS) is 9.75. The van der Waals surface area contributed by atoms with Crippen molar-refractivity contribution in [1.82, 2.24) is 0 Å². The highest BCUT2D eigenvalue weighted by Gasteiger charge is 2.09. The van der Waals surface area contributed by atoms with Crippen LogP contribution in [-0.4, -0.2) is 10.2 Å². The molecule has 4 heteroatoms. The van der Waals surface area contributed by atoms with Gasteiger partial charge in [-0.3, -0.25) is 0 Å². The molecule has 1 aromatic rings. The van der Waals surface area contributed by atoms with Crippen molar-refractivity contribution in [2.24, 2.45) is 5.11 Å². The Hall–Kier alpha value is -1.58. The van der Waals surface area contributed by atoms with Gasteiger partial charge in [-0.15, -0.1) is 0 Å². The molecule has 0 bridgehead atoms. The van der Waals surface area contributed by atoms with E-state index < -0.39 is 0 Å². The molecule has 0 fully saturated rings. The first kappa shape index (κ1) is 8.52. The Kier molecular flexibility index (Phi) is 2.28. The number of benzene rings is 1. The smallest absolute Gasteiger partial charge is 0.168 e. The van der Waals surface area contributed by atoms with E-state index in [9.17, 15) is 5.11 Å². The van der Waals surface area contributed by atoms with Gasteiger partial charge in [0.05, 0.1) is 0 Å². The zero-order valence-corrected chi connectivity index (χ0v) is 6.70. The lowest BCUT2D eigenvalue weighted by atomic mass is 10.1. The van der Waals surface area contributed by atoms with Crippen LogP contribution in [0.15, 0.2) is 17.2 Å². The number of nitrogens with one attached hydrogen (secondary N) is 1. The summed E-state index contributed by atoms with van der Waals surface area (Å²) in [6, 6.07) is 3.03. The third kappa shape index (κ3) is 1.23. The largest absolute Gasteiger partial charge is 0.505 e. The average molecular weight is 166 g/mol. The summed E-state index contributed by atoms with van der Waals surface area (Å²) in [7, 11) is 0. The first-order valence-corrected chi connectivity index (χ1v) is 3.62. The summed E-state index contributed by atoms with van der Waals surface area (Å²) in [4.78, 5) is 0. The fourth-order valence-electron chi connectivity index (χ4n) is 1.01. The molecule has 4 nitrogen and oxygen atoms in total. The van der Waals surface area contributed by atoms with Gasteiger partial charge in [-0.05, 0) is 18.1 Å². The fraction of sp³-hybridized carbons (Fsp3) is 0.250. The van der Waals surface area contributed by atoms with Crippen LogP contribution in [0.1, 0.15) is 12.5 Å². The summed E-state index contributed by atoms with van der Waals surface area (Å²) in [5, 5.41) is 21.6. The van der Waals surface area contributed by atoms with Crippen LogP contribution in [-0.2, 0) is 6.42 Å². The Labute approximate surface area is 70.0 Å². The van der Waals surface area contributed by atoms with Crippen molar-refractivity contribution in [3.05, 3.63) is 17.7 Å². The van der Waals surface area contributed by atoms with Crippen molar-refractivity contribution in [1.29, 1.82) is 5.53 Å². The molecule has 64 valence electrons. The molecule has 0 saturated heterocycles. The molecule has 0 aliphatic rings. The molecule has 0 unspecified atom stereocenters. The minimum Gasteiger partial charge on any atom is -0.505 e. The maximum absolute atomic E-state index is 9.40. The lowest BCUT2D eigenvalue weighted by Crippen LogP contribution is -1.81. The van der Waals surface area contributed by atoms with Crippen molar-refractivity contribution in [3.8, 4) is 11.5 Å². The van der Waals surface area contributed by atoms with Gasteiger partial charge in [0.25, 0.3) is 0 Å². The molecule has 0 radical (unpaired) electrons. The number of aryl methyl sites for hydroxylation is 1. The summed E-state index contributed by atoms with van der Waals surface area (Å²) < 4.78 is 0. The maximum Gasteiger partial charge on any atom is 0.168 e. The summed E-state index contributed by atoms with van der Waals surface area (Å²) in [6.07, 6.45) is 0.647. The molecule has 1 rings (SSSR count). The number of rotatable bonds is 2. The highest BCUT2D eigenvalue weighted by Crippen LogP contribution is 2.38. The molecule has 0 atom stereocenters. The predicted octanol–water partition coefficient (Wildman–Crippen LogP) is 2.32. The van der Waals surface area contributed by atoms with Gasteiger partial charge in [0, 0.05) is 0 Å². The molecule has 0 spiro atoms. The molecular weight excluding hydrogens is 156 g/mol. The van der Waals surface area contributed by atoms with Gasteiger partial charge in [-0.2, -0.15) is 5.11 Å². The molecule has 0 amide bonds. The molecule has 0 heterocycles. The van der Waals surface area contributed by atoms with E-state index in [4.69, 9.17) is 10.6 Å². The van der Waals surface area contributed by atoms with Crippen LogP contribution in [0.5, 0.6) is 11.5 Å². The van der Waals surface area contributed by atoms with Gasteiger partial charge in [-0.1, -0.05) is 13.0 Å². The zero-order valence-electron chi connectivity index (χ0n) is 6.70. The van der Waals surface area contributed by atoms with E-state index >= 15 is 0 Å². The summed E-state index contributed by atoms with van der Waals surface area (Å²) in [5.41, 5.74) is 7.32. The van der Waals surface area contributed by atoms with Crippen LogP contribution in [0.4, 0.5) is 5.69 Å². The number of nitrogens with zero attached hydrogens (tertiary/aromatic N) is 1. The molecule has 0 aliphatic carbocycles. The van der Waals surface area contributed by atoms with Crippen LogP contribution in [0.25, 0.3) is 0 Å². The van der Waals surface area contributed by atoms with Gasteiger partial charge in [0.2, 0.25) is 0 Å². The van der Waals surface area contributed by atoms with Gasteiger partial charge >= 0.3 is 0 Å². The first-order chi connectivity index (χ1) is 5.70. The number of phenols is 2. The monoisotopic (exact) mass is 166 g/mol. The van der Waals surface area contributed by atoms with E-state index in [1.54, 1.807) is 6.07 Å². The SMILES string of the molecule is CCc1ccc(O)c(N=N)c1O. The minimum absolute atomic E-state index is 0.0608. The number of aromatic hydroxyl groups is 2. The Balaban J connectivity index is 3.33. The van der Waals surface area contributed by atoms with Gasteiger partial charge in [0.15, 0.2) is 5.69 Å². The minimum atomic E-state index is -0.167. The van der Waals surface area contributed by atoms with Crippen LogP contribution in [0.3, 0.4) is 0 Å². The lowest BCUT2D eigenvalue weighted by Gasteiger charge is -2.04. The summed E-state index contributed by atoms with van der Waals surface area (Å²) >= 11 is 0. The number of hydrogen-bond donors (Lipinski definition) is 3. The fourth-order valence-corrected chi connectivity index (χ4v) is 1.01. The zero-order chi connectivity index (χ0) is 9.14. The molecule has 3 N–H and O–H groups in total. The second-order valence-electron chi connectivity index (χ2n) is 2.41. The third-order valence-electron chi connectivity index (χ3n) is 1.71. The predicted molar refractivity (Wildman–Crippen MR) is 44.0 cm³/mol. The Morgan fingerprint density at radius 3 is 2.58 bits per heavy atom. The highest BCUT2D eigenvalue weighted by molar-refractivity contribution is 5.63. The quantitative estimate of drug-likeness (QED) is 0.589. The second-order valence-corrected chi connectivity index (χ2v) is 2.41. The van der Waals surface area contributed by atoms with E-state index in [1.807, 2.05) is 6.92 Å². The van der Waals surface area contributed by atoms with E-state index in [2.05, 4.69) is 5.11 Å². The first-order valence-electron chi connectivity index (χ1n) is 3.62. The Morgan fingerprint density at radius 2 is 2.08 bits per heavy atom. The Morgan fingerprint density at radius 1 is 1.42 bits per heavy atom. The van der Waals surface area contributed by atoms with E-state index in [-0.39, 0.29) is 17.2 Å². The average Bonchev–Trinajstić information content (AvgIpc) is 2.06. The molecule has 0 saturated carbocycles. The molecule has 1 aromatic carbocycles. The van der Waals surface area contributed by atoms with Crippen LogP contribution in [0.2, 0.25) is 0 Å². The van der Waals surface area contributed by atoms with Crippen LogP contribution in [0, 0.1) is 5.53 Å². The van der Waals surface area contributed by atoms with E-state index in [0.29, 0.717) is 12.0 Å². The standard InChI is InChI=1S/C8H10N2O2/c1-2-5-3-4-6(11)7(10-9)8(5)12/h3-4,9,11-12H,2H2,1H3. The third-order valence-corrected chi connectivity index (χ3v) is 1.71. The lowest BCUT2D eigenvalue weighted by molar-refractivity contribution is 0.448. The van der Waals surface area contributed by atoms with Gasteiger partial charge < -0.3 is 10.2 Å². The molecular formula is C8H10N2O2. The summed E-state index contributed by atoms with van der Waals surface area (Å²) in [5.74, 6) is -0.271. The maximum atomic E-state index is 9.40. The van der Waals surface area contributed by atoms with E-state index in [0.717, 1.165) is 0 Å². The van der Waals surface area contributed by atoms with Crippen molar-refractivity contribution in [2.75, 3.05) is 0 Å². The number of hydrogen-bond acceptors (Lipinski definition) is 4. The summed E-state index contributed by atoms with van der Waals surface area (Å²) in [6.45, 7) is 1.87. The van der Waals surface area contributed by atoms with Gasteiger partial charge in [-0.25, -0.2) is 5.53 Å². The molecule has 12 heavy (non-hydrogen) atoms. The van der Waals surface area contributed by atoms with Crippen molar-refractivity contribution in [2.45, 2.75) is 13.3 Å². The van der Waals surface area contributed by atoms with Crippen molar-refractivity contribution in [3.63, 3.8) is 0 Å². The number of phenolic OH excluding ortho intramolecular Hbond substituents is 2. The van der Waals surface area contributed by atoms with Crippen LogP contribution < -0.4 is 0 Å². The van der Waals surface area contributed by atoms with Gasteiger partial charge in [0.1, 0.15) is 11.5 Å². The molecule has 0 aromatic heterocycles.